The van der Waals surface area contributed by atoms with Crippen molar-refractivity contribution in [2.75, 3.05) is 6.54 Å². The van der Waals surface area contributed by atoms with Crippen molar-refractivity contribution >= 4 is 5.91 Å². The highest BCUT2D eigenvalue weighted by Gasteiger charge is 2.13. The number of amides is 1. The molecule has 0 heterocycles. The molecule has 1 rings (SSSR count). The molecule has 3 N–H and O–H groups in total. The number of primary amides is 1. The Hall–Kier alpha value is -0.570. The second-order valence-corrected chi connectivity index (χ2v) is 4.84. The number of hydrogen-bond donors (Lipinski definition) is 2. The molecule has 3 nitrogen and oxygen atoms in total. The standard InChI is InChI=1S/C12H24N2O/c1-10(8-12(13)15)14-9-11-6-4-2-3-5-7-11/h10-11,14H,2-9H2,1H3,(H2,13,15). The second kappa shape index (κ2) is 6.83. The number of carbonyl (C=O) groups excluding carboxylic acids is 1. The van der Waals surface area contributed by atoms with Gasteiger partial charge in [-0.1, -0.05) is 25.7 Å². The van der Waals surface area contributed by atoms with E-state index in [0.717, 1.165) is 12.5 Å². The molecule has 1 amide bonds. The van der Waals surface area contributed by atoms with Gasteiger partial charge in [-0.15, -0.1) is 0 Å². The van der Waals surface area contributed by atoms with E-state index in [4.69, 9.17) is 5.73 Å². The summed E-state index contributed by atoms with van der Waals surface area (Å²) in [4.78, 5) is 10.7. The van der Waals surface area contributed by atoms with Crippen molar-refractivity contribution in [3.05, 3.63) is 0 Å². The minimum atomic E-state index is -0.212. The molecular weight excluding hydrogens is 188 g/mol. The van der Waals surface area contributed by atoms with Crippen molar-refractivity contribution in [3.63, 3.8) is 0 Å². The van der Waals surface area contributed by atoms with Gasteiger partial charge < -0.3 is 11.1 Å². The van der Waals surface area contributed by atoms with E-state index in [-0.39, 0.29) is 11.9 Å². The van der Waals surface area contributed by atoms with Crippen LogP contribution in [-0.4, -0.2) is 18.5 Å². The smallest absolute Gasteiger partial charge is 0.218 e. The summed E-state index contributed by atoms with van der Waals surface area (Å²) in [5.74, 6) is 0.596. The SMILES string of the molecule is CC(CC(N)=O)NCC1CCCCCC1. The van der Waals surface area contributed by atoms with Crippen LogP contribution in [0, 0.1) is 5.92 Å². The molecule has 88 valence electrons. The molecule has 0 aliphatic heterocycles. The van der Waals surface area contributed by atoms with Crippen LogP contribution in [0.4, 0.5) is 0 Å². The fourth-order valence-electron chi connectivity index (χ4n) is 2.31. The molecule has 0 aromatic carbocycles. The van der Waals surface area contributed by atoms with Gasteiger partial charge >= 0.3 is 0 Å². The molecule has 0 aromatic heterocycles. The van der Waals surface area contributed by atoms with Crippen LogP contribution in [0.5, 0.6) is 0 Å². The molecule has 0 radical (unpaired) electrons. The van der Waals surface area contributed by atoms with E-state index in [0.29, 0.717) is 6.42 Å². The average molecular weight is 212 g/mol. The molecule has 1 fully saturated rings. The van der Waals surface area contributed by atoms with Crippen molar-refractivity contribution in [2.45, 2.75) is 57.9 Å². The summed E-state index contributed by atoms with van der Waals surface area (Å²) >= 11 is 0. The molecular formula is C12H24N2O. The number of nitrogens with two attached hydrogens (primary N) is 1. The zero-order valence-electron chi connectivity index (χ0n) is 9.80. The molecule has 1 aliphatic rings. The molecule has 0 aromatic rings. The van der Waals surface area contributed by atoms with Crippen molar-refractivity contribution in [3.8, 4) is 0 Å². The Morgan fingerprint density at radius 2 is 1.93 bits per heavy atom. The van der Waals surface area contributed by atoms with Crippen LogP contribution in [0.1, 0.15) is 51.9 Å². The Kier molecular flexibility index (Phi) is 5.69. The summed E-state index contributed by atoms with van der Waals surface area (Å²) in [6, 6.07) is 0.228. The van der Waals surface area contributed by atoms with Crippen LogP contribution in [-0.2, 0) is 4.79 Å². The van der Waals surface area contributed by atoms with E-state index >= 15 is 0 Å². The molecule has 3 heteroatoms. The van der Waals surface area contributed by atoms with Gasteiger partial charge in [-0.25, -0.2) is 0 Å². The fourth-order valence-corrected chi connectivity index (χ4v) is 2.31. The average Bonchev–Trinajstić information content (AvgIpc) is 2.41. The monoisotopic (exact) mass is 212 g/mol. The Bertz CT molecular complexity index is 186. The van der Waals surface area contributed by atoms with Crippen LogP contribution in [0.25, 0.3) is 0 Å². The minimum absolute atomic E-state index is 0.212. The van der Waals surface area contributed by atoms with Crippen LogP contribution >= 0.6 is 0 Å². The quantitative estimate of drug-likeness (QED) is 0.683. The van der Waals surface area contributed by atoms with Gasteiger partial charge in [0.25, 0.3) is 0 Å². The van der Waals surface area contributed by atoms with Crippen molar-refractivity contribution in [2.24, 2.45) is 11.7 Å². The normalized spacial score (nSPS) is 20.9. The molecule has 1 aliphatic carbocycles. The third-order valence-corrected chi connectivity index (χ3v) is 3.24. The van der Waals surface area contributed by atoms with Crippen LogP contribution < -0.4 is 11.1 Å². The lowest BCUT2D eigenvalue weighted by molar-refractivity contribution is -0.118. The van der Waals surface area contributed by atoms with Gasteiger partial charge in [-0.3, -0.25) is 4.79 Å². The first-order valence-corrected chi connectivity index (χ1v) is 6.20. The minimum Gasteiger partial charge on any atom is -0.370 e. The lowest BCUT2D eigenvalue weighted by Crippen LogP contribution is -2.34. The summed E-state index contributed by atoms with van der Waals surface area (Å²) in [7, 11) is 0. The largest absolute Gasteiger partial charge is 0.370 e. The predicted octanol–water partition coefficient (Wildman–Crippen LogP) is 1.81. The summed E-state index contributed by atoms with van der Waals surface area (Å²) in [5.41, 5.74) is 5.15. The molecule has 0 spiro atoms. The van der Waals surface area contributed by atoms with E-state index in [1.165, 1.54) is 38.5 Å². The molecule has 0 saturated heterocycles. The predicted molar refractivity (Wildman–Crippen MR) is 62.5 cm³/mol. The Labute approximate surface area is 92.8 Å². The molecule has 1 atom stereocenters. The van der Waals surface area contributed by atoms with Crippen molar-refractivity contribution in [1.29, 1.82) is 0 Å². The van der Waals surface area contributed by atoms with Gasteiger partial charge in [0.2, 0.25) is 5.91 Å². The maximum Gasteiger partial charge on any atom is 0.218 e. The van der Waals surface area contributed by atoms with E-state index in [9.17, 15) is 4.79 Å². The van der Waals surface area contributed by atoms with Gasteiger partial charge in [-0.2, -0.15) is 0 Å². The summed E-state index contributed by atoms with van der Waals surface area (Å²) < 4.78 is 0. The first-order chi connectivity index (χ1) is 7.18. The van der Waals surface area contributed by atoms with Crippen LogP contribution in [0.15, 0.2) is 0 Å². The van der Waals surface area contributed by atoms with E-state index in [2.05, 4.69) is 5.32 Å². The molecule has 15 heavy (non-hydrogen) atoms. The summed E-state index contributed by atoms with van der Waals surface area (Å²) in [6.07, 6.45) is 8.67. The maximum atomic E-state index is 10.7. The highest BCUT2D eigenvalue weighted by molar-refractivity contribution is 5.74. The third kappa shape index (κ3) is 5.78. The number of nitrogens with one attached hydrogen (secondary N) is 1. The zero-order chi connectivity index (χ0) is 11.1. The van der Waals surface area contributed by atoms with Gasteiger partial charge in [0.05, 0.1) is 0 Å². The molecule has 1 saturated carbocycles. The lowest BCUT2D eigenvalue weighted by atomic mass is 10.00. The van der Waals surface area contributed by atoms with E-state index in [1.807, 2.05) is 6.92 Å². The van der Waals surface area contributed by atoms with Crippen LogP contribution in [0.3, 0.4) is 0 Å². The van der Waals surface area contributed by atoms with Gasteiger partial charge in [-0.05, 0) is 32.2 Å². The molecule has 1 unspecified atom stereocenters. The van der Waals surface area contributed by atoms with Crippen molar-refractivity contribution in [1.82, 2.24) is 5.32 Å². The summed E-state index contributed by atoms with van der Waals surface area (Å²) in [5, 5.41) is 3.41. The first kappa shape index (κ1) is 12.5. The van der Waals surface area contributed by atoms with E-state index in [1.54, 1.807) is 0 Å². The Morgan fingerprint density at radius 3 is 2.47 bits per heavy atom. The van der Waals surface area contributed by atoms with Crippen molar-refractivity contribution < 1.29 is 4.79 Å². The van der Waals surface area contributed by atoms with Gasteiger partial charge in [0.1, 0.15) is 0 Å². The van der Waals surface area contributed by atoms with E-state index < -0.39 is 0 Å². The number of hydrogen-bond acceptors (Lipinski definition) is 2. The topological polar surface area (TPSA) is 55.1 Å². The second-order valence-electron chi connectivity index (χ2n) is 4.84. The summed E-state index contributed by atoms with van der Waals surface area (Å²) in [6.45, 7) is 3.08. The lowest BCUT2D eigenvalue weighted by Gasteiger charge is -2.18. The van der Waals surface area contributed by atoms with Gasteiger partial charge in [0, 0.05) is 12.5 Å². The fraction of sp³-hybridized carbons (Fsp3) is 0.917. The Balaban J connectivity index is 2.14. The third-order valence-electron chi connectivity index (χ3n) is 3.24. The maximum absolute atomic E-state index is 10.7. The van der Waals surface area contributed by atoms with Gasteiger partial charge in [0.15, 0.2) is 0 Å². The highest BCUT2D eigenvalue weighted by atomic mass is 16.1. The number of rotatable bonds is 5. The number of carbonyl (C=O) groups is 1. The zero-order valence-corrected chi connectivity index (χ0v) is 9.80. The van der Waals surface area contributed by atoms with Crippen LogP contribution in [0.2, 0.25) is 0 Å². The molecule has 0 bridgehead atoms. The highest BCUT2D eigenvalue weighted by Crippen LogP contribution is 2.22. The Morgan fingerprint density at radius 1 is 1.33 bits per heavy atom. The first-order valence-electron chi connectivity index (χ1n) is 6.20.